The summed E-state index contributed by atoms with van der Waals surface area (Å²) in [6, 6.07) is 7.65. The fourth-order valence-electron chi connectivity index (χ4n) is 2.12. The Bertz CT molecular complexity index is 747. The number of nitrogen functional groups attached to an aromatic ring is 1. The molecular formula is C13H12N6. The van der Waals surface area contributed by atoms with Crippen molar-refractivity contribution in [2.75, 3.05) is 5.73 Å². The molecule has 3 rings (SSSR count). The summed E-state index contributed by atoms with van der Waals surface area (Å²) in [7, 11) is 0. The zero-order valence-corrected chi connectivity index (χ0v) is 10.2. The number of para-hydroxylation sites is 1. The Hall–Kier alpha value is -2.81. The molecule has 19 heavy (non-hydrogen) atoms. The second kappa shape index (κ2) is 4.46. The first kappa shape index (κ1) is 11.3. The van der Waals surface area contributed by atoms with E-state index in [4.69, 9.17) is 11.0 Å². The molecule has 2 heterocycles. The molecule has 0 radical (unpaired) electrons. The van der Waals surface area contributed by atoms with Gasteiger partial charge in [0.1, 0.15) is 11.6 Å². The maximum Gasteiger partial charge on any atom is 0.201 e. The Morgan fingerprint density at radius 2 is 2.21 bits per heavy atom. The van der Waals surface area contributed by atoms with Crippen LogP contribution in [0.2, 0.25) is 0 Å². The molecule has 1 aromatic carbocycles. The average Bonchev–Trinajstić information content (AvgIpc) is 3.03. The Kier molecular flexibility index (Phi) is 2.65. The molecule has 0 aliphatic carbocycles. The molecule has 0 atom stereocenters. The molecule has 94 valence electrons. The van der Waals surface area contributed by atoms with Crippen LogP contribution in [0.1, 0.15) is 5.56 Å². The van der Waals surface area contributed by atoms with Crippen molar-refractivity contribution >= 4 is 17.0 Å². The topological polar surface area (TPSA) is 85.5 Å². The first-order chi connectivity index (χ1) is 9.29. The predicted octanol–water partition coefficient (Wildman–Crippen LogP) is 1.39. The van der Waals surface area contributed by atoms with Gasteiger partial charge >= 0.3 is 0 Å². The third-order valence-electron chi connectivity index (χ3n) is 3.07. The molecule has 3 aromatic rings. The van der Waals surface area contributed by atoms with E-state index in [1.165, 1.54) is 0 Å². The van der Waals surface area contributed by atoms with E-state index in [1.807, 2.05) is 27.5 Å². The van der Waals surface area contributed by atoms with E-state index in [-0.39, 0.29) is 0 Å². The summed E-state index contributed by atoms with van der Waals surface area (Å²) < 4.78 is 3.88. The lowest BCUT2D eigenvalue weighted by Gasteiger charge is -2.06. The molecule has 6 heteroatoms. The van der Waals surface area contributed by atoms with Gasteiger partial charge in [0.15, 0.2) is 0 Å². The minimum atomic E-state index is 0.429. The second-order valence-corrected chi connectivity index (χ2v) is 4.21. The smallest absolute Gasteiger partial charge is 0.201 e. The van der Waals surface area contributed by atoms with Gasteiger partial charge in [-0.15, -0.1) is 0 Å². The van der Waals surface area contributed by atoms with Crippen LogP contribution in [0.3, 0.4) is 0 Å². The number of nitriles is 1. The van der Waals surface area contributed by atoms with Crippen LogP contribution in [0.5, 0.6) is 0 Å². The monoisotopic (exact) mass is 252 g/mol. The summed E-state index contributed by atoms with van der Waals surface area (Å²) >= 11 is 0. The Balaban J connectivity index is 1.99. The molecule has 0 fully saturated rings. The summed E-state index contributed by atoms with van der Waals surface area (Å²) in [6.45, 7) is 1.44. The number of aromatic nitrogens is 4. The van der Waals surface area contributed by atoms with Gasteiger partial charge in [0.05, 0.1) is 17.4 Å². The molecule has 2 N–H and O–H groups in total. The maximum absolute atomic E-state index is 9.06. The van der Waals surface area contributed by atoms with Crippen molar-refractivity contribution in [2.45, 2.75) is 13.1 Å². The number of rotatable bonds is 3. The van der Waals surface area contributed by atoms with Gasteiger partial charge in [-0.25, -0.2) is 9.97 Å². The zero-order chi connectivity index (χ0) is 13.2. The van der Waals surface area contributed by atoms with E-state index < -0.39 is 0 Å². The molecular weight excluding hydrogens is 240 g/mol. The van der Waals surface area contributed by atoms with Gasteiger partial charge in [-0.3, -0.25) is 0 Å². The number of hydrogen-bond donors (Lipinski definition) is 1. The normalized spacial score (nSPS) is 10.7. The number of fused-ring (bicyclic) bond motifs is 1. The zero-order valence-electron chi connectivity index (χ0n) is 10.2. The van der Waals surface area contributed by atoms with Crippen LogP contribution in [-0.2, 0) is 13.1 Å². The number of hydrogen-bond acceptors (Lipinski definition) is 4. The minimum absolute atomic E-state index is 0.429. The third kappa shape index (κ3) is 1.91. The van der Waals surface area contributed by atoms with Gasteiger partial charge in [-0.1, -0.05) is 6.07 Å². The predicted molar refractivity (Wildman–Crippen MR) is 71.1 cm³/mol. The first-order valence-electron chi connectivity index (χ1n) is 5.90. The SMILES string of the molecule is N#Cc1cccc2c1nc(N)n2CCn1ccnc1. The number of nitrogens with zero attached hydrogens (tertiary/aromatic N) is 5. The average molecular weight is 252 g/mol. The van der Waals surface area contributed by atoms with E-state index in [1.54, 1.807) is 18.6 Å². The molecule has 0 spiro atoms. The van der Waals surface area contributed by atoms with Gasteiger partial charge in [0.2, 0.25) is 5.95 Å². The Morgan fingerprint density at radius 3 is 2.95 bits per heavy atom. The molecule has 0 aliphatic rings. The van der Waals surface area contributed by atoms with Crippen LogP contribution in [0.15, 0.2) is 36.9 Å². The third-order valence-corrected chi connectivity index (χ3v) is 3.07. The molecule has 0 bridgehead atoms. The van der Waals surface area contributed by atoms with Crippen LogP contribution in [0.25, 0.3) is 11.0 Å². The molecule has 0 amide bonds. The largest absolute Gasteiger partial charge is 0.369 e. The summed E-state index contributed by atoms with van der Waals surface area (Å²) in [5.41, 5.74) is 8.03. The number of nitrogens with two attached hydrogens (primary N) is 1. The highest BCUT2D eigenvalue weighted by Crippen LogP contribution is 2.21. The highest BCUT2D eigenvalue weighted by molar-refractivity contribution is 5.83. The molecule has 2 aromatic heterocycles. The van der Waals surface area contributed by atoms with Crippen molar-refractivity contribution in [3.8, 4) is 6.07 Å². The number of anilines is 1. The molecule has 0 unspecified atom stereocenters. The lowest BCUT2D eigenvalue weighted by Crippen LogP contribution is -2.08. The lowest BCUT2D eigenvalue weighted by molar-refractivity contribution is 0.594. The van der Waals surface area contributed by atoms with Crippen molar-refractivity contribution in [3.63, 3.8) is 0 Å². The van der Waals surface area contributed by atoms with Gasteiger partial charge in [-0.05, 0) is 12.1 Å². The van der Waals surface area contributed by atoms with E-state index >= 15 is 0 Å². The second-order valence-electron chi connectivity index (χ2n) is 4.21. The molecule has 0 saturated carbocycles. The van der Waals surface area contributed by atoms with Gasteiger partial charge < -0.3 is 14.9 Å². The van der Waals surface area contributed by atoms with Crippen LogP contribution in [-0.4, -0.2) is 19.1 Å². The van der Waals surface area contributed by atoms with E-state index in [0.29, 0.717) is 23.6 Å². The summed E-state index contributed by atoms with van der Waals surface area (Å²) in [5.74, 6) is 0.429. The fourth-order valence-corrected chi connectivity index (χ4v) is 2.12. The van der Waals surface area contributed by atoms with Crippen molar-refractivity contribution in [1.82, 2.24) is 19.1 Å². The Labute approximate surface area is 109 Å². The van der Waals surface area contributed by atoms with Gasteiger partial charge in [-0.2, -0.15) is 5.26 Å². The van der Waals surface area contributed by atoms with E-state index in [2.05, 4.69) is 16.0 Å². The minimum Gasteiger partial charge on any atom is -0.369 e. The highest BCUT2D eigenvalue weighted by Gasteiger charge is 2.10. The van der Waals surface area contributed by atoms with Crippen LogP contribution < -0.4 is 5.73 Å². The molecule has 0 saturated heterocycles. The summed E-state index contributed by atoms with van der Waals surface area (Å²) in [6.07, 6.45) is 5.40. The van der Waals surface area contributed by atoms with Crippen molar-refractivity contribution < 1.29 is 0 Å². The number of aryl methyl sites for hydroxylation is 2. The van der Waals surface area contributed by atoms with Gasteiger partial charge in [0.25, 0.3) is 0 Å². The van der Waals surface area contributed by atoms with Crippen molar-refractivity contribution in [1.29, 1.82) is 5.26 Å². The summed E-state index contributed by atoms with van der Waals surface area (Å²) in [5, 5.41) is 9.06. The first-order valence-corrected chi connectivity index (χ1v) is 5.90. The van der Waals surface area contributed by atoms with Crippen LogP contribution in [0, 0.1) is 11.3 Å². The molecule has 6 nitrogen and oxygen atoms in total. The quantitative estimate of drug-likeness (QED) is 0.763. The Morgan fingerprint density at radius 1 is 1.32 bits per heavy atom. The fraction of sp³-hybridized carbons (Fsp3) is 0.154. The van der Waals surface area contributed by atoms with Crippen molar-refractivity contribution in [2.24, 2.45) is 0 Å². The highest BCUT2D eigenvalue weighted by atomic mass is 15.2. The van der Waals surface area contributed by atoms with Crippen LogP contribution >= 0.6 is 0 Å². The van der Waals surface area contributed by atoms with E-state index in [0.717, 1.165) is 12.1 Å². The van der Waals surface area contributed by atoms with E-state index in [9.17, 15) is 0 Å². The molecule has 0 aliphatic heterocycles. The standard InChI is InChI=1S/C13H12N6/c14-8-10-2-1-3-11-12(10)17-13(15)19(11)7-6-18-5-4-16-9-18/h1-5,9H,6-7H2,(H2,15,17). The number of imidazole rings is 2. The maximum atomic E-state index is 9.06. The van der Waals surface area contributed by atoms with Crippen molar-refractivity contribution in [3.05, 3.63) is 42.5 Å². The lowest BCUT2D eigenvalue weighted by atomic mass is 10.2. The number of benzene rings is 1. The van der Waals surface area contributed by atoms with Crippen LogP contribution in [0.4, 0.5) is 5.95 Å². The van der Waals surface area contributed by atoms with Gasteiger partial charge in [0, 0.05) is 25.5 Å². The summed E-state index contributed by atoms with van der Waals surface area (Å²) in [4.78, 5) is 8.28.